The van der Waals surface area contributed by atoms with Crippen LogP contribution in [0, 0.1) is 12.3 Å². The number of nitrogens with zero attached hydrogens (tertiary/aromatic N) is 1. The van der Waals surface area contributed by atoms with Crippen molar-refractivity contribution in [1.29, 1.82) is 0 Å². The third-order valence-electron chi connectivity index (χ3n) is 2.25. The number of aromatic nitrogens is 1. The second kappa shape index (κ2) is 4.95. The normalized spacial score (nSPS) is 10.2. The highest BCUT2D eigenvalue weighted by atomic mass is 14.6. The van der Waals surface area contributed by atoms with E-state index < -0.39 is 0 Å². The molecule has 0 spiro atoms. The molecule has 76 valence electrons. The van der Waals surface area contributed by atoms with Crippen LogP contribution >= 0.6 is 0 Å². The molecule has 2 aromatic rings. The zero-order valence-corrected chi connectivity index (χ0v) is 8.80. The topological polar surface area (TPSA) is 12.9 Å². The molecule has 1 aromatic heterocycles. The van der Waals surface area contributed by atoms with Gasteiger partial charge in [0.2, 0.25) is 0 Å². The van der Waals surface area contributed by atoms with Crippen LogP contribution in [0.3, 0.4) is 0 Å². The van der Waals surface area contributed by atoms with Gasteiger partial charge in [0.05, 0.1) is 0 Å². The van der Waals surface area contributed by atoms with Gasteiger partial charge < -0.3 is 0 Å². The minimum absolute atomic E-state index is 0.904. The highest BCUT2D eigenvalue weighted by Crippen LogP contribution is 2.08. The molecule has 0 saturated carbocycles. The maximum absolute atomic E-state index is 5.29. The molecule has 0 bridgehead atoms. The largest absolute Gasteiger partial charge is 0.265 e. The third-order valence-corrected chi connectivity index (χ3v) is 2.25. The van der Waals surface area contributed by atoms with Crippen LogP contribution < -0.4 is 0 Å². The van der Waals surface area contributed by atoms with Gasteiger partial charge in [0, 0.05) is 18.0 Å². The first-order chi connectivity index (χ1) is 7.88. The smallest absolute Gasteiger partial charge is 0.0273 e. The van der Waals surface area contributed by atoms with Crippen molar-refractivity contribution in [2.75, 3.05) is 0 Å². The van der Waals surface area contributed by atoms with Crippen molar-refractivity contribution in [3.8, 4) is 12.3 Å². The van der Waals surface area contributed by atoms with Crippen molar-refractivity contribution < 1.29 is 0 Å². The molecule has 1 heteroatoms. The fraction of sp³-hybridized carbons (Fsp3) is 0. The van der Waals surface area contributed by atoms with Crippen molar-refractivity contribution in [3.63, 3.8) is 0 Å². The minimum Gasteiger partial charge on any atom is -0.265 e. The molecule has 0 aliphatic rings. The lowest BCUT2D eigenvalue weighted by atomic mass is 10.1. The van der Waals surface area contributed by atoms with Gasteiger partial charge in [0.25, 0.3) is 0 Å². The van der Waals surface area contributed by atoms with Crippen molar-refractivity contribution in [3.05, 3.63) is 65.5 Å². The first-order valence-corrected chi connectivity index (χ1v) is 5.03. The van der Waals surface area contributed by atoms with Crippen molar-refractivity contribution >= 4 is 12.2 Å². The third kappa shape index (κ3) is 2.59. The molecule has 0 radical (unpaired) electrons. The molecule has 1 heterocycles. The van der Waals surface area contributed by atoms with Crippen molar-refractivity contribution in [1.82, 2.24) is 4.98 Å². The molecule has 16 heavy (non-hydrogen) atoms. The molecule has 0 saturated heterocycles. The Morgan fingerprint density at radius 2 is 1.44 bits per heavy atom. The van der Waals surface area contributed by atoms with Crippen LogP contribution in [0.1, 0.15) is 16.7 Å². The van der Waals surface area contributed by atoms with E-state index in [9.17, 15) is 0 Å². The van der Waals surface area contributed by atoms with Gasteiger partial charge in [-0.15, -0.1) is 6.42 Å². The van der Waals surface area contributed by atoms with Crippen LogP contribution in [-0.4, -0.2) is 4.98 Å². The Labute approximate surface area is 95.5 Å². The maximum atomic E-state index is 5.29. The summed E-state index contributed by atoms with van der Waals surface area (Å²) in [6.07, 6.45) is 12.9. The Hall–Kier alpha value is -2.33. The molecule has 0 amide bonds. The predicted molar refractivity (Wildman–Crippen MR) is 67.5 cm³/mol. The lowest BCUT2D eigenvalue weighted by Crippen LogP contribution is -1.76. The van der Waals surface area contributed by atoms with Crippen LogP contribution in [0.4, 0.5) is 0 Å². The van der Waals surface area contributed by atoms with E-state index >= 15 is 0 Å². The Balaban J connectivity index is 2.15. The lowest BCUT2D eigenvalue weighted by Gasteiger charge is -1.94. The van der Waals surface area contributed by atoms with Crippen molar-refractivity contribution in [2.45, 2.75) is 0 Å². The van der Waals surface area contributed by atoms with Crippen LogP contribution in [0.25, 0.3) is 12.2 Å². The van der Waals surface area contributed by atoms with E-state index in [1.807, 2.05) is 42.5 Å². The highest BCUT2D eigenvalue weighted by molar-refractivity contribution is 5.69. The summed E-state index contributed by atoms with van der Waals surface area (Å²) >= 11 is 0. The average Bonchev–Trinajstić information content (AvgIpc) is 2.38. The molecule has 0 aliphatic carbocycles. The van der Waals surface area contributed by atoms with Gasteiger partial charge in [-0.2, -0.15) is 0 Å². The molecular formula is C15H11N. The second-order valence-electron chi connectivity index (χ2n) is 3.38. The zero-order chi connectivity index (χ0) is 11.2. The first kappa shape index (κ1) is 10.2. The summed E-state index contributed by atoms with van der Waals surface area (Å²) in [4.78, 5) is 3.97. The minimum atomic E-state index is 0.904. The number of rotatable bonds is 2. The molecular weight excluding hydrogens is 194 g/mol. The first-order valence-electron chi connectivity index (χ1n) is 5.03. The molecule has 0 fully saturated rings. The monoisotopic (exact) mass is 205 g/mol. The molecule has 0 atom stereocenters. The highest BCUT2D eigenvalue weighted by Gasteiger charge is 1.88. The Kier molecular flexibility index (Phi) is 3.15. The van der Waals surface area contributed by atoms with Gasteiger partial charge in [-0.25, -0.2) is 0 Å². The predicted octanol–water partition coefficient (Wildman–Crippen LogP) is 3.23. The number of pyridine rings is 1. The van der Waals surface area contributed by atoms with Crippen LogP contribution in [0.15, 0.2) is 48.8 Å². The van der Waals surface area contributed by atoms with Gasteiger partial charge in [-0.05, 0) is 35.4 Å². The molecule has 0 unspecified atom stereocenters. The maximum Gasteiger partial charge on any atom is 0.0273 e. The van der Waals surface area contributed by atoms with Crippen LogP contribution in [-0.2, 0) is 0 Å². The number of terminal acetylenes is 1. The molecule has 0 aliphatic heterocycles. The van der Waals surface area contributed by atoms with Gasteiger partial charge in [-0.3, -0.25) is 4.98 Å². The number of benzene rings is 1. The summed E-state index contributed by atoms with van der Waals surface area (Å²) < 4.78 is 0. The van der Waals surface area contributed by atoms with E-state index in [1.165, 1.54) is 0 Å². The second-order valence-corrected chi connectivity index (χ2v) is 3.38. The van der Waals surface area contributed by atoms with Gasteiger partial charge in [-0.1, -0.05) is 30.2 Å². The lowest BCUT2D eigenvalue weighted by molar-refractivity contribution is 1.32. The number of hydrogen-bond acceptors (Lipinski definition) is 1. The van der Waals surface area contributed by atoms with E-state index in [1.54, 1.807) is 12.4 Å². The summed E-state index contributed by atoms with van der Waals surface area (Å²) in [6.45, 7) is 0. The van der Waals surface area contributed by atoms with Crippen LogP contribution in [0.2, 0.25) is 0 Å². The molecule has 1 aromatic carbocycles. The quantitative estimate of drug-likeness (QED) is 0.686. The standard InChI is InChI=1S/C15H11N/c1-2-13-3-5-14(6-4-13)7-8-15-9-11-16-12-10-15/h1,3-12H/b8-7-. The average molecular weight is 205 g/mol. The Bertz CT molecular complexity index is 516. The summed E-state index contributed by atoms with van der Waals surface area (Å²) in [6, 6.07) is 11.8. The van der Waals surface area contributed by atoms with E-state index in [0.717, 1.165) is 16.7 Å². The molecule has 1 nitrogen and oxygen atoms in total. The summed E-state index contributed by atoms with van der Waals surface area (Å²) in [5.74, 6) is 2.60. The fourth-order valence-corrected chi connectivity index (χ4v) is 1.36. The number of hydrogen-bond donors (Lipinski definition) is 0. The summed E-state index contributed by atoms with van der Waals surface area (Å²) in [7, 11) is 0. The van der Waals surface area contributed by atoms with Gasteiger partial charge in [0.1, 0.15) is 0 Å². The SMILES string of the molecule is C#Cc1ccc(/C=C\c2ccncc2)cc1. The Morgan fingerprint density at radius 3 is 2.00 bits per heavy atom. The van der Waals surface area contributed by atoms with E-state index in [-0.39, 0.29) is 0 Å². The van der Waals surface area contributed by atoms with Crippen LogP contribution in [0.5, 0.6) is 0 Å². The fourth-order valence-electron chi connectivity index (χ4n) is 1.36. The zero-order valence-electron chi connectivity index (χ0n) is 8.80. The Morgan fingerprint density at radius 1 is 0.875 bits per heavy atom. The molecule has 0 N–H and O–H groups in total. The van der Waals surface area contributed by atoms with Gasteiger partial charge >= 0.3 is 0 Å². The van der Waals surface area contributed by atoms with Gasteiger partial charge in [0.15, 0.2) is 0 Å². The van der Waals surface area contributed by atoms with E-state index in [2.05, 4.69) is 17.0 Å². The van der Waals surface area contributed by atoms with E-state index in [0.29, 0.717) is 0 Å². The molecule has 2 rings (SSSR count). The summed E-state index contributed by atoms with van der Waals surface area (Å²) in [5.41, 5.74) is 3.17. The van der Waals surface area contributed by atoms with E-state index in [4.69, 9.17) is 6.42 Å². The summed E-state index contributed by atoms with van der Waals surface area (Å²) in [5, 5.41) is 0. The van der Waals surface area contributed by atoms with Crippen molar-refractivity contribution in [2.24, 2.45) is 0 Å².